The van der Waals surface area contributed by atoms with Crippen LogP contribution in [0.15, 0.2) is 168 Å². The smallest absolute Gasteiger partial charge is 0.164 e. The zero-order valence-electron chi connectivity index (χ0n) is 27.0. The van der Waals surface area contributed by atoms with Crippen LogP contribution in [0.1, 0.15) is 22.8 Å². The van der Waals surface area contributed by atoms with Gasteiger partial charge in [-0.05, 0) is 59.2 Å². The fourth-order valence-corrected chi connectivity index (χ4v) is 7.58. The quantitative estimate of drug-likeness (QED) is 0.187. The number of anilines is 2. The van der Waals surface area contributed by atoms with Crippen molar-refractivity contribution in [2.45, 2.75) is 12.0 Å². The number of benzene rings is 6. The Bertz CT molecular complexity index is 2540. The predicted molar refractivity (Wildman–Crippen MR) is 201 cm³/mol. The van der Waals surface area contributed by atoms with Gasteiger partial charge in [-0.2, -0.15) is 0 Å². The molecule has 5 nitrogen and oxygen atoms in total. The normalized spacial score (nSPS) is 15.9. The number of aromatic nitrogens is 3. The van der Waals surface area contributed by atoms with E-state index in [0.717, 1.165) is 39.0 Å². The molecule has 0 radical (unpaired) electrons. The third-order valence-corrected chi connectivity index (χ3v) is 9.89. The minimum Gasteiger partial charge on any atom is -0.456 e. The molecule has 8 aromatic rings. The third-order valence-electron chi connectivity index (χ3n) is 9.89. The summed E-state index contributed by atoms with van der Waals surface area (Å²) in [5, 5.41) is 1.08. The first kappa shape index (κ1) is 28.4. The lowest BCUT2D eigenvalue weighted by Gasteiger charge is -2.30. The van der Waals surface area contributed by atoms with Crippen LogP contribution < -0.4 is 4.90 Å². The molecule has 0 N–H and O–H groups in total. The zero-order chi connectivity index (χ0) is 33.0. The van der Waals surface area contributed by atoms with Gasteiger partial charge in [-0.25, -0.2) is 15.0 Å². The van der Waals surface area contributed by atoms with Crippen LogP contribution in [0.5, 0.6) is 0 Å². The number of para-hydroxylation sites is 2. The average molecular weight is 643 g/mol. The molecule has 50 heavy (non-hydrogen) atoms. The van der Waals surface area contributed by atoms with Crippen molar-refractivity contribution in [3.8, 4) is 45.3 Å². The molecule has 3 heterocycles. The molecule has 0 fully saturated rings. The maximum absolute atomic E-state index is 6.52. The number of fused-ring (bicyclic) bond motifs is 7. The number of rotatable bonds is 5. The van der Waals surface area contributed by atoms with Crippen molar-refractivity contribution in [3.05, 3.63) is 181 Å². The molecule has 2 atom stereocenters. The Kier molecular flexibility index (Phi) is 6.56. The highest BCUT2D eigenvalue weighted by atomic mass is 16.3. The summed E-state index contributed by atoms with van der Waals surface area (Å²) >= 11 is 0. The maximum atomic E-state index is 6.52. The van der Waals surface area contributed by atoms with E-state index in [1.165, 1.54) is 28.1 Å². The van der Waals surface area contributed by atoms with Crippen molar-refractivity contribution in [2.24, 2.45) is 0 Å². The van der Waals surface area contributed by atoms with Crippen LogP contribution in [-0.2, 0) is 0 Å². The molecular formula is C45H30N4O. The average Bonchev–Trinajstić information content (AvgIpc) is 3.74. The van der Waals surface area contributed by atoms with E-state index in [0.29, 0.717) is 17.5 Å². The standard InChI is InChI=1S/C45H30N4O/c1-4-12-29(13-5-1)30-20-22-32(23-21-30)44-46-43(31-14-6-2-7-15-31)47-45(48-44)33-24-26-39-36(28-33)42-40(50-39)27-25-38-41(42)35-18-10-11-19-37(35)49(38)34-16-8-3-9-17-34/h1-28,38,41H. The molecule has 6 aromatic carbocycles. The molecule has 0 saturated heterocycles. The minimum atomic E-state index is 0.111. The summed E-state index contributed by atoms with van der Waals surface area (Å²) in [6.07, 6.45) is 4.43. The van der Waals surface area contributed by atoms with Gasteiger partial charge in [-0.1, -0.05) is 127 Å². The molecule has 2 unspecified atom stereocenters. The van der Waals surface area contributed by atoms with Gasteiger partial charge in [0, 0.05) is 44.9 Å². The molecule has 0 amide bonds. The van der Waals surface area contributed by atoms with E-state index in [9.17, 15) is 0 Å². The fourth-order valence-electron chi connectivity index (χ4n) is 7.58. The van der Waals surface area contributed by atoms with E-state index < -0.39 is 0 Å². The Morgan fingerprint density at radius 2 is 1.04 bits per heavy atom. The van der Waals surface area contributed by atoms with Gasteiger partial charge in [-0.3, -0.25) is 0 Å². The highest BCUT2D eigenvalue weighted by molar-refractivity contribution is 5.92. The zero-order valence-corrected chi connectivity index (χ0v) is 27.0. The Balaban J connectivity index is 1.11. The lowest BCUT2D eigenvalue weighted by molar-refractivity contribution is 0.584. The number of hydrogen-bond donors (Lipinski definition) is 0. The fraction of sp³-hybridized carbons (Fsp3) is 0.0444. The molecular weight excluding hydrogens is 613 g/mol. The Labute approximate surface area is 289 Å². The van der Waals surface area contributed by atoms with E-state index in [1.807, 2.05) is 36.4 Å². The second kappa shape index (κ2) is 11.5. The Morgan fingerprint density at radius 1 is 0.500 bits per heavy atom. The van der Waals surface area contributed by atoms with Gasteiger partial charge >= 0.3 is 0 Å². The van der Waals surface area contributed by atoms with E-state index in [-0.39, 0.29) is 12.0 Å². The summed E-state index contributed by atoms with van der Waals surface area (Å²) in [5.74, 6) is 2.91. The van der Waals surface area contributed by atoms with Gasteiger partial charge < -0.3 is 9.32 Å². The summed E-state index contributed by atoms with van der Waals surface area (Å²) in [6.45, 7) is 0. The second-order valence-electron chi connectivity index (χ2n) is 12.8. The summed E-state index contributed by atoms with van der Waals surface area (Å²) in [6, 6.07) is 54.8. The van der Waals surface area contributed by atoms with E-state index in [2.05, 4.69) is 138 Å². The van der Waals surface area contributed by atoms with Crippen LogP contribution in [0.4, 0.5) is 11.4 Å². The van der Waals surface area contributed by atoms with Crippen molar-refractivity contribution in [1.29, 1.82) is 0 Å². The first-order valence-corrected chi connectivity index (χ1v) is 16.9. The molecule has 1 aliphatic heterocycles. The van der Waals surface area contributed by atoms with Crippen LogP contribution >= 0.6 is 0 Å². The van der Waals surface area contributed by atoms with Gasteiger partial charge in [0.2, 0.25) is 0 Å². The topological polar surface area (TPSA) is 55.1 Å². The summed E-state index contributed by atoms with van der Waals surface area (Å²) in [7, 11) is 0. The molecule has 0 bridgehead atoms. The maximum Gasteiger partial charge on any atom is 0.164 e. The molecule has 0 saturated carbocycles. The van der Waals surface area contributed by atoms with Crippen molar-refractivity contribution in [3.63, 3.8) is 0 Å². The molecule has 5 heteroatoms. The van der Waals surface area contributed by atoms with Crippen LogP contribution in [0, 0.1) is 0 Å². The molecule has 2 aromatic heterocycles. The second-order valence-corrected chi connectivity index (χ2v) is 12.8. The van der Waals surface area contributed by atoms with Crippen LogP contribution in [-0.4, -0.2) is 21.0 Å². The molecule has 10 rings (SSSR count). The van der Waals surface area contributed by atoms with E-state index in [1.54, 1.807) is 0 Å². The van der Waals surface area contributed by atoms with E-state index in [4.69, 9.17) is 19.4 Å². The summed E-state index contributed by atoms with van der Waals surface area (Å²) in [5.41, 5.74) is 10.9. The number of furan rings is 1. The monoisotopic (exact) mass is 642 g/mol. The minimum absolute atomic E-state index is 0.111. The van der Waals surface area contributed by atoms with Crippen LogP contribution in [0.2, 0.25) is 0 Å². The predicted octanol–water partition coefficient (Wildman–Crippen LogP) is 11.0. The number of nitrogens with zero attached hydrogens (tertiary/aromatic N) is 4. The Morgan fingerprint density at radius 3 is 1.76 bits per heavy atom. The van der Waals surface area contributed by atoms with Crippen molar-refractivity contribution in [2.75, 3.05) is 4.90 Å². The highest BCUT2D eigenvalue weighted by Gasteiger charge is 2.43. The molecule has 2 aliphatic rings. The van der Waals surface area contributed by atoms with Gasteiger partial charge in [-0.15, -0.1) is 0 Å². The SMILES string of the molecule is C1=CC2C(c3ccccc3N2c2ccccc2)c2c1oc1ccc(-c3nc(-c4ccccc4)nc(-c4ccc(-c5ccccc5)cc4)n3)cc21. The van der Waals surface area contributed by atoms with Gasteiger partial charge in [0.25, 0.3) is 0 Å². The Hall–Kier alpha value is -6.59. The largest absolute Gasteiger partial charge is 0.456 e. The lowest BCUT2D eigenvalue weighted by atomic mass is 9.82. The van der Waals surface area contributed by atoms with Crippen molar-refractivity contribution >= 4 is 28.4 Å². The number of hydrogen-bond acceptors (Lipinski definition) is 5. The molecule has 1 aliphatic carbocycles. The van der Waals surface area contributed by atoms with Crippen LogP contribution in [0.25, 0.3) is 62.3 Å². The van der Waals surface area contributed by atoms with Gasteiger partial charge in [0.15, 0.2) is 17.5 Å². The van der Waals surface area contributed by atoms with Crippen LogP contribution in [0.3, 0.4) is 0 Å². The van der Waals surface area contributed by atoms with Gasteiger partial charge in [0.1, 0.15) is 11.3 Å². The summed E-state index contributed by atoms with van der Waals surface area (Å²) in [4.78, 5) is 17.6. The first-order chi connectivity index (χ1) is 24.8. The van der Waals surface area contributed by atoms with Crippen molar-refractivity contribution < 1.29 is 4.42 Å². The lowest BCUT2D eigenvalue weighted by Crippen LogP contribution is -2.30. The van der Waals surface area contributed by atoms with E-state index >= 15 is 0 Å². The van der Waals surface area contributed by atoms with Crippen molar-refractivity contribution in [1.82, 2.24) is 15.0 Å². The van der Waals surface area contributed by atoms with Gasteiger partial charge in [0.05, 0.1) is 6.04 Å². The summed E-state index contributed by atoms with van der Waals surface area (Å²) < 4.78 is 6.52. The molecule has 0 spiro atoms. The first-order valence-electron chi connectivity index (χ1n) is 16.9. The highest BCUT2D eigenvalue weighted by Crippen LogP contribution is 2.53. The molecule has 236 valence electrons. The third kappa shape index (κ3) is 4.66.